The molecule has 0 aromatic rings. The molecule has 3 fully saturated rings. The van der Waals surface area contributed by atoms with Crippen LogP contribution in [0.2, 0.25) is 0 Å². The molecule has 0 radical (unpaired) electrons. The van der Waals surface area contributed by atoms with Gasteiger partial charge in [-0.25, -0.2) is 0 Å². The van der Waals surface area contributed by atoms with Gasteiger partial charge in [0.15, 0.2) is 0 Å². The van der Waals surface area contributed by atoms with E-state index in [1.807, 2.05) is 0 Å². The fraction of sp³-hybridized carbons (Fsp3) is 0.938. The number of rotatable bonds is 4. The SMILES string of the molecule is CCN1CCN(C2CCC(C#N)(NC3CC3)C2)CC1C. The van der Waals surface area contributed by atoms with Crippen LogP contribution in [-0.4, -0.2) is 59.6 Å². The number of hydrogen-bond acceptors (Lipinski definition) is 4. The number of hydrogen-bond donors (Lipinski definition) is 1. The highest BCUT2D eigenvalue weighted by Crippen LogP contribution is 2.36. The van der Waals surface area contributed by atoms with E-state index in [9.17, 15) is 5.26 Å². The molecule has 2 saturated carbocycles. The summed E-state index contributed by atoms with van der Waals surface area (Å²) in [5.74, 6) is 0. The van der Waals surface area contributed by atoms with Crippen molar-refractivity contribution >= 4 is 0 Å². The first-order valence-corrected chi connectivity index (χ1v) is 8.33. The maximum absolute atomic E-state index is 9.60. The zero-order valence-electron chi connectivity index (χ0n) is 12.9. The van der Waals surface area contributed by atoms with Gasteiger partial charge >= 0.3 is 0 Å². The van der Waals surface area contributed by atoms with Gasteiger partial charge in [-0.3, -0.25) is 15.1 Å². The smallest absolute Gasteiger partial charge is 0.108 e. The number of nitrogens with zero attached hydrogens (tertiary/aromatic N) is 3. The molecule has 3 atom stereocenters. The largest absolute Gasteiger partial charge is 0.298 e. The van der Waals surface area contributed by atoms with Gasteiger partial charge < -0.3 is 0 Å². The number of nitriles is 1. The maximum atomic E-state index is 9.60. The Bertz CT molecular complexity index is 386. The molecule has 1 aliphatic heterocycles. The zero-order chi connectivity index (χ0) is 14.2. The van der Waals surface area contributed by atoms with E-state index in [-0.39, 0.29) is 5.54 Å². The van der Waals surface area contributed by atoms with Crippen LogP contribution in [0.15, 0.2) is 0 Å². The van der Waals surface area contributed by atoms with Crippen molar-refractivity contribution in [1.82, 2.24) is 15.1 Å². The Hall–Kier alpha value is -0.630. The molecule has 0 aromatic heterocycles. The topological polar surface area (TPSA) is 42.3 Å². The molecule has 4 heteroatoms. The molecule has 3 aliphatic rings. The molecule has 1 saturated heterocycles. The summed E-state index contributed by atoms with van der Waals surface area (Å²) in [6, 6.07) is 4.50. The van der Waals surface area contributed by atoms with Gasteiger partial charge in [-0.1, -0.05) is 6.92 Å². The molecular formula is C16H28N4. The van der Waals surface area contributed by atoms with Gasteiger partial charge in [-0.05, 0) is 45.6 Å². The third kappa shape index (κ3) is 2.86. The fourth-order valence-electron chi connectivity index (χ4n) is 4.04. The zero-order valence-corrected chi connectivity index (χ0v) is 12.9. The first-order chi connectivity index (χ1) is 9.65. The third-order valence-electron chi connectivity index (χ3n) is 5.48. The van der Waals surface area contributed by atoms with Crippen molar-refractivity contribution in [3.05, 3.63) is 0 Å². The Morgan fingerprint density at radius 1 is 1.30 bits per heavy atom. The van der Waals surface area contributed by atoms with E-state index in [2.05, 4.69) is 35.0 Å². The molecule has 112 valence electrons. The van der Waals surface area contributed by atoms with Crippen molar-refractivity contribution in [2.75, 3.05) is 26.2 Å². The number of nitrogens with one attached hydrogen (secondary N) is 1. The van der Waals surface area contributed by atoms with Crippen molar-refractivity contribution in [2.24, 2.45) is 0 Å². The van der Waals surface area contributed by atoms with Crippen molar-refractivity contribution in [2.45, 2.75) is 69.6 Å². The second kappa shape index (κ2) is 5.63. The van der Waals surface area contributed by atoms with Crippen LogP contribution in [0.25, 0.3) is 0 Å². The highest BCUT2D eigenvalue weighted by molar-refractivity contribution is 5.15. The summed E-state index contributed by atoms with van der Waals surface area (Å²) in [6.45, 7) is 9.28. The molecule has 2 aliphatic carbocycles. The van der Waals surface area contributed by atoms with Gasteiger partial charge in [-0.15, -0.1) is 0 Å². The highest BCUT2D eigenvalue weighted by atomic mass is 15.3. The summed E-state index contributed by atoms with van der Waals surface area (Å²) in [5.41, 5.74) is -0.225. The van der Waals surface area contributed by atoms with Gasteiger partial charge in [-0.2, -0.15) is 5.26 Å². The Labute approximate surface area is 123 Å². The van der Waals surface area contributed by atoms with Gasteiger partial charge in [0, 0.05) is 37.8 Å². The Kier molecular flexibility index (Phi) is 4.03. The average molecular weight is 276 g/mol. The Morgan fingerprint density at radius 2 is 2.10 bits per heavy atom. The predicted molar refractivity (Wildman–Crippen MR) is 80.4 cm³/mol. The van der Waals surface area contributed by atoms with Crippen LogP contribution in [0.3, 0.4) is 0 Å². The number of piperazine rings is 1. The van der Waals surface area contributed by atoms with Crippen LogP contribution < -0.4 is 5.32 Å². The lowest BCUT2D eigenvalue weighted by Crippen LogP contribution is -2.55. The second-order valence-corrected chi connectivity index (χ2v) is 6.98. The fourth-order valence-corrected chi connectivity index (χ4v) is 4.04. The Morgan fingerprint density at radius 3 is 2.70 bits per heavy atom. The van der Waals surface area contributed by atoms with Gasteiger partial charge in [0.05, 0.1) is 6.07 Å². The van der Waals surface area contributed by atoms with E-state index < -0.39 is 0 Å². The maximum Gasteiger partial charge on any atom is 0.108 e. The van der Waals surface area contributed by atoms with Crippen LogP contribution in [0.5, 0.6) is 0 Å². The minimum absolute atomic E-state index is 0.225. The van der Waals surface area contributed by atoms with E-state index in [4.69, 9.17) is 0 Å². The predicted octanol–water partition coefficient (Wildman–Crippen LogP) is 1.58. The van der Waals surface area contributed by atoms with E-state index >= 15 is 0 Å². The van der Waals surface area contributed by atoms with E-state index in [0.717, 1.165) is 19.4 Å². The summed E-state index contributed by atoms with van der Waals surface area (Å²) in [5, 5.41) is 13.2. The minimum atomic E-state index is -0.225. The molecule has 3 rings (SSSR count). The third-order valence-corrected chi connectivity index (χ3v) is 5.48. The summed E-state index contributed by atoms with van der Waals surface area (Å²) in [4.78, 5) is 5.20. The van der Waals surface area contributed by atoms with Crippen molar-refractivity contribution in [1.29, 1.82) is 5.26 Å². The molecule has 1 heterocycles. The lowest BCUT2D eigenvalue weighted by Gasteiger charge is -2.42. The van der Waals surface area contributed by atoms with Crippen LogP contribution in [-0.2, 0) is 0 Å². The van der Waals surface area contributed by atoms with Crippen LogP contribution in [0.4, 0.5) is 0 Å². The highest BCUT2D eigenvalue weighted by Gasteiger charge is 2.45. The lowest BCUT2D eigenvalue weighted by atomic mass is 9.98. The first kappa shape index (κ1) is 14.3. The molecule has 3 unspecified atom stereocenters. The quantitative estimate of drug-likeness (QED) is 0.846. The van der Waals surface area contributed by atoms with Crippen molar-refractivity contribution in [3.63, 3.8) is 0 Å². The van der Waals surface area contributed by atoms with E-state index in [1.165, 1.54) is 38.9 Å². The molecule has 4 nitrogen and oxygen atoms in total. The summed E-state index contributed by atoms with van der Waals surface area (Å²) in [7, 11) is 0. The van der Waals surface area contributed by atoms with E-state index in [0.29, 0.717) is 18.1 Å². The number of likely N-dealkylation sites (N-methyl/N-ethyl adjacent to an activating group) is 1. The van der Waals surface area contributed by atoms with Crippen LogP contribution in [0.1, 0.15) is 46.0 Å². The molecule has 0 bridgehead atoms. The Balaban J connectivity index is 1.58. The molecule has 1 N–H and O–H groups in total. The van der Waals surface area contributed by atoms with Crippen molar-refractivity contribution in [3.8, 4) is 6.07 Å². The monoisotopic (exact) mass is 276 g/mol. The molecule has 0 aromatic carbocycles. The second-order valence-electron chi connectivity index (χ2n) is 6.98. The minimum Gasteiger partial charge on any atom is -0.298 e. The molecule has 0 spiro atoms. The standard InChI is InChI=1S/C16H28N4/c1-3-19-8-9-20(11-13(19)2)15-6-7-16(10-15,12-17)18-14-4-5-14/h13-15,18H,3-11H2,1-2H3. The lowest BCUT2D eigenvalue weighted by molar-refractivity contribution is 0.0588. The molecular weight excluding hydrogens is 248 g/mol. The normalized spacial score (nSPS) is 39.9. The summed E-state index contributed by atoms with van der Waals surface area (Å²) in [6.07, 6.45) is 5.78. The van der Waals surface area contributed by atoms with E-state index in [1.54, 1.807) is 0 Å². The molecule has 20 heavy (non-hydrogen) atoms. The summed E-state index contributed by atoms with van der Waals surface area (Å²) < 4.78 is 0. The van der Waals surface area contributed by atoms with Gasteiger partial charge in [0.25, 0.3) is 0 Å². The summed E-state index contributed by atoms with van der Waals surface area (Å²) >= 11 is 0. The van der Waals surface area contributed by atoms with Crippen LogP contribution >= 0.6 is 0 Å². The average Bonchev–Trinajstić information content (AvgIpc) is 3.16. The first-order valence-electron chi connectivity index (χ1n) is 8.33. The van der Waals surface area contributed by atoms with Crippen LogP contribution in [0, 0.1) is 11.3 Å². The van der Waals surface area contributed by atoms with Gasteiger partial charge in [0.2, 0.25) is 0 Å². The molecule has 0 amide bonds. The van der Waals surface area contributed by atoms with Crippen molar-refractivity contribution < 1.29 is 0 Å². The van der Waals surface area contributed by atoms with Gasteiger partial charge in [0.1, 0.15) is 5.54 Å².